The van der Waals surface area contributed by atoms with Crippen LogP contribution in [0, 0.1) is 23.0 Å². The highest BCUT2D eigenvalue weighted by atomic mass is 32.1. The van der Waals surface area contributed by atoms with Crippen molar-refractivity contribution in [3.8, 4) is 17.3 Å². The molecule has 0 aliphatic carbocycles. The Labute approximate surface area is 232 Å². The number of halogens is 2. The number of aliphatic hydroxyl groups is 1. The third-order valence-corrected chi connectivity index (χ3v) is 9.31. The van der Waals surface area contributed by atoms with Crippen molar-refractivity contribution in [3.05, 3.63) is 40.7 Å². The average molecular weight is 565 g/mol. The van der Waals surface area contributed by atoms with Crippen LogP contribution in [-0.4, -0.2) is 88.3 Å². The minimum atomic E-state index is -0.646. The van der Waals surface area contributed by atoms with E-state index in [-0.39, 0.29) is 56.7 Å². The topological polar surface area (TPSA) is 128 Å². The summed E-state index contributed by atoms with van der Waals surface area (Å²) in [6, 6.07) is 1.96. The van der Waals surface area contributed by atoms with E-state index < -0.39 is 17.7 Å². The Morgan fingerprint density at radius 3 is 2.67 bits per heavy atom. The first-order valence-electron chi connectivity index (χ1n) is 13.1. The molecule has 0 radical (unpaired) electrons. The Kier molecular flexibility index (Phi) is 6.06. The molecule has 2 fully saturated rings. The molecule has 40 heavy (non-hydrogen) atoms. The Morgan fingerprint density at radius 1 is 1.12 bits per heavy atom. The number of nitriles is 1. The molecule has 0 saturated carbocycles. The summed E-state index contributed by atoms with van der Waals surface area (Å²) >= 11 is 0.937. The lowest BCUT2D eigenvalue weighted by Gasteiger charge is -2.37. The van der Waals surface area contributed by atoms with E-state index >= 15 is 4.39 Å². The fourth-order valence-electron chi connectivity index (χ4n) is 6.14. The van der Waals surface area contributed by atoms with Gasteiger partial charge in [0.25, 0.3) is 0 Å². The Balaban J connectivity index is 1.35. The fraction of sp³-hybridized carbons (Fsp3) is 0.407. The number of fused-ring (bicyclic) bond motifs is 4. The maximum atomic E-state index is 16.6. The third-order valence-electron chi connectivity index (χ3n) is 8.28. The number of thiophene rings is 1. The monoisotopic (exact) mass is 564 g/mol. The summed E-state index contributed by atoms with van der Waals surface area (Å²) in [6.07, 6.45) is 2.04. The minimum Gasteiger partial charge on any atom is -0.390 e. The van der Waals surface area contributed by atoms with E-state index in [0.717, 1.165) is 49.3 Å². The second kappa shape index (κ2) is 9.53. The van der Waals surface area contributed by atoms with Gasteiger partial charge < -0.3 is 25.4 Å². The molecule has 6 heterocycles. The average Bonchev–Trinajstić information content (AvgIpc) is 3.67. The van der Waals surface area contributed by atoms with Gasteiger partial charge in [0.15, 0.2) is 11.6 Å². The maximum absolute atomic E-state index is 16.6. The van der Waals surface area contributed by atoms with Crippen molar-refractivity contribution in [3.63, 3.8) is 0 Å². The van der Waals surface area contributed by atoms with Gasteiger partial charge in [0.05, 0.1) is 47.5 Å². The summed E-state index contributed by atoms with van der Waals surface area (Å²) in [6.45, 7) is 4.83. The number of ether oxygens (including phenoxy) is 1. The zero-order valence-corrected chi connectivity index (χ0v) is 22.5. The van der Waals surface area contributed by atoms with E-state index in [1.807, 2.05) is 11.0 Å². The van der Waals surface area contributed by atoms with E-state index in [1.165, 1.54) is 0 Å². The summed E-state index contributed by atoms with van der Waals surface area (Å²) < 4.78 is 37.1. The van der Waals surface area contributed by atoms with Crippen molar-refractivity contribution >= 4 is 43.3 Å². The Bertz CT molecular complexity index is 1720. The van der Waals surface area contributed by atoms with Gasteiger partial charge >= 0.3 is 0 Å². The first-order valence-corrected chi connectivity index (χ1v) is 13.9. The lowest BCUT2D eigenvalue weighted by Crippen LogP contribution is -2.52. The van der Waals surface area contributed by atoms with Crippen LogP contribution < -0.4 is 10.6 Å². The molecule has 3 aliphatic rings. The summed E-state index contributed by atoms with van der Waals surface area (Å²) in [7, 11) is 2.09. The summed E-state index contributed by atoms with van der Waals surface area (Å²) in [5, 5.41) is 21.5. The van der Waals surface area contributed by atoms with Crippen molar-refractivity contribution in [2.45, 2.75) is 25.4 Å². The van der Waals surface area contributed by atoms with Crippen molar-refractivity contribution < 1.29 is 18.6 Å². The lowest BCUT2D eigenvalue weighted by molar-refractivity contribution is 0.0512. The lowest BCUT2D eigenvalue weighted by atomic mass is 9.94. The molecule has 0 amide bonds. The van der Waals surface area contributed by atoms with Gasteiger partial charge in [-0.05, 0) is 18.2 Å². The molecule has 3 aliphatic heterocycles. The number of aliphatic hydroxyl groups excluding tert-OH is 1. The molecular formula is C27H26F2N8O2S. The molecule has 0 spiro atoms. The zero-order valence-electron chi connectivity index (χ0n) is 21.7. The van der Waals surface area contributed by atoms with Crippen LogP contribution in [0.5, 0.6) is 0 Å². The molecule has 2 saturated heterocycles. The number of hydrogen-bond donors (Lipinski definition) is 2. The summed E-state index contributed by atoms with van der Waals surface area (Å²) in [5.41, 5.74) is 7.74. The Morgan fingerprint density at radius 2 is 1.90 bits per heavy atom. The number of nitrogen functional groups attached to an aromatic ring is 1. The summed E-state index contributed by atoms with van der Waals surface area (Å²) in [5.74, 6) is -0.952. The molecule has 0 bridgehead atoms. The highest BCUT2D eigenvalue weighted by Gasteiger charge is 2.38. The molecule has 2 unspecified atom stereocenters. The number of likely N-dealkylation sites (N-methyl/N-ethyl adjacent to an activating group) is 1. The first-order chi connectivity index (χ1) is 19.4. The van der Waals surface area contributed by atoms with Crippen LogP contribution in [0.4, 0.5) is 19.7 Å². The van der Waals surface area contributed by atoms with Crippen LogP contribution in [0.1, 0.15) is 16.7 Å². The van der Waals surface area contributed by atoms with Crippen molar-refractivity contribution in [2.75, 3.05) is 56.9 Å². The number of nitrogens with two attached hydrogens (primary N) is 1. The molecule has 3 N–H and O–H groups in total. The van der Waals surface area contributed by atoms with Crippen molar-refractivity contribution in [1.82, 2.24) is 24.8 Å². The van der Waals surface area contributed by atoms with Crippen LogP contribution in [0.3, 0.4) is 0 Å². The smallest absolute Gasteiger partial charge is 0.226 e. The summed E-state index contributed by atoms with van der Waals surface area (Å²) in [4.78, 5) is 19.9. The highest BCUT2D eigenvalue weighted by Crippen LogP contribution is 2.45. The standard InChI is InChI=1S/C27H26F2N8O2S/c1-35-2-4-36(5-3-35)18-9-37(10-19(18)38)27-33-7-14-15-11-39-12-16(15)20(22(29)23(14)34-27)24-21-13(6-30)26(31)40-25(21)17(28)8-32-24/h7-8,18-19,38H,2-5,9-12,31H2,1H3. The number of hydrogen-bond acceptors (Lipinski definition) is 11. The number of aromatic nitrogens is 3. The van der Waals surface area contributed by atoms with E-state index in [0.29, 0.717) is 30.0 Å². The molecule has 206 valence electrons. The second-order valence-corrected chi connectivity index (χ2v) is 11.6. The number of benzene rings is 1. The van der Waals surface area contributed by atoms with Crippen LogP contribution in [0.25, 0.3) is 32.2 Å². The van der Waals surface area contributed by atoms with E-state index in [2.05, 4.69) is 31.8 Å². The van der Waals surface area contributed by atoms with Gasteiger partial charge in [0.1, 0.15) is 16.6 Å². The van der Waals surface area contributed by atoms with E-state index in [1.54, 1.807) is 6.20 Å². The normalized spacial score (nSPS) is 21.9. The SMILES string of the molecule is CN1CCN(C2CN(c3ncc4c5c(c(-c6ncc(F)c7sc(N)c(C#N)c67)c(F)c4n3)COC5)CC2O)CC1. The second-order valence-electron chi connectivity index (χ2n) is 10.6. The number of pyridine rings is 1. The van der Waals surface area contributed by atoms with Crippen LogP contribution in [0.2, 0.25) is 0 Å². The van der Waals surface area contributed by atoms with Gasteiger partial charge in [-0.3, -0.25) is 9.88 Å². The van der Waals surface area contributed by atoms with E-state index in [9.17, 15) is 14.8 Å². The molecule has 4 aromatic rings. The number of β-amino-alcohol motifs (C(OH)–C–C–N with tert-alkyl or cyclic N) is 1. The third kappa shape index (κ3) is 3.82. The van der Waals surface area contributed by atoms with Gasteiger partial charge in [-0.25, -0.2) is 18.7 Å². The van der Waals surface area contributed by atoms with Crippen LogP contribution in [0.15, 0.2) is 12.4 Å². The molecular weight excluding hydrogens is 538 g/mol. The quantitative estimate of drug-likeness (QED) is 0.383. The minimum absolute atomic E-state index is 0.0630. The zero-order chi connectivity index (χ0) is 27.7. The molecule has 2 atom stereocenters. The number of piperazine rings is 1. The predicted molar refractivity (Wildman–Crippen MR) is 147 cm³/mol. The van der Waals surface area contributed by atoms with Crippen LogP contribution >= 0.6 is 11.3 Å². The first kappa shape index (κ1) is 25.4. The number of nitrogens with zero attached hydrogens (tertiary/aromatic N) is 7. The highest BCUT2D eigenvalue weighted by molar-refractivity contribution is 7.23. The van der Waals surface area contributed by atoms with Crippen molar-refractivity contribution in [2.24, 2.45) is 0 Å². The molecule has 3 aromatic heterocycles. The molecule has 10 nitrogen and oxygen atoms in total. The molecule has 13 heteroatoms. The predicted octanol–water partition coefficient (Wildman–Crippen LogP) is 2.47. The van der Waals surface area contributed by atoms with Crippen molar-refractivity contribution in [1.29, 1.82) is 5.26 Å². The molecule has 7 rings (SSSR count). The van der Waals surface area contributed by atoms with Gasteiger partial charge in [0.2, 0.25) is 5.95 Å². The van der Waals surface area contributed by atoms with Gasteiger partial charge in [-0.1, -0.05) is 0 Å². The Hall–Kier alpha value is -3.54. The van der Waals surface area contributed by atoms with E-state index in [4.69, 9.17) is 10.5 Å². The number of rotatable bonds is 3. The van der Waals surface area contributed by atoms with Gasteiger partial charge in [-0.2, -0.15) is 5.26 Å². The van der Waals surface area contributed by atoms with Gasteiger partial charge in [0, 0.05) is 61.8 Å². The molecule has 1 aromatic carbocycles. The number of anilines is 2. The van der Waals surface area contributed by atoms with Gasteiger partial charge in [-0.15, -0.1) is 11.3 Å². The van der Waals surface area contributed by atoms with Crippen LogP contribution in [-0.2, 0) is 18.0 Å². The largest absolute Gasteiger partial charge is 0.390 e. The fourth-order valence-corrected chi connectivity index (χ4v) is 7.06. The maximum Gasteiger partial charge on any atom is 0.226 e.